The third kappa shape index (κ3) is 6.38. The van der Waals surface area contributed by atoms with Crippen molar-refractivity contribution in [3.05, 3.63) is 68.6 Å². The molecule has 6 nitrogen and oxygen atoms in total. The molecule has 0 spiro atoms. The maximum Gasteiger partial charge on any atom is 0.222 e. The number of aromatic nitrogens is 2. The maximum atomic E-state index is 12.1. The van der Waals surface area contributed by atoms with Crippen molar-refractivity contribution in [1.29, 1.82) is 0 Å². The normalized spacial score (nSPS) is 12.4. The highest BCUT2D eigenvalue weighted by molar-refractivity contribution is 6.32. The monoisotopic (exact) mass is 512 g/mol. The summed E-state index contributed by atoms with van der Waals surface area (Å²) in [7, 11) is 0. The van der Waals surface area contributed by atoms with Crippen LogP contribution in [0.2, 0.25) is 5.02 Å². The molecule has 3 rings (SSSR count). The summed E-state index contributed by atoms with van der Waals surface area (Å²) in [5.74, 6) is 0.431. The van der Waals surface area contributed by atoms with E-state index in [1.165, 1.54) is 0 Å². The summed E-state index contributed by atoms with van der Waals surface area (Å²) >= 11 is 12.9. The Morgan fingerprint density at radius 1 is 1.20 bits per heavy atom. The molecule has 0 unspecified atom stereocenters. The molecule has 0 saturated carbocycles. The summed E-state index contributed by atoms with van der Waals surface area (Å²) in [4.78, 5) is 25.9. The van der Waals surface area contributed by atoms with Crippen LogP contribution in [0.4, 0.5) is 0 Å². The van der Waals surface area contributed by atoms with Crippen molar-refractivity contribution in [3.63, 3.8) is 0 Å². The Hall–Kier alpha value is -2.96. The first-order valence-corrected chi connectivity index (χ1v) is 12.2. The second-order valence-corrected chi connectivity index (χ2v) is 9.54. The largest absolute Gasteiger partial charge is 0.486 e. The predicted molar refractivity (Wildman–Crippen MR) is 144 cm³/mol. The fraction of sp³-hybridized carbons (Fsp3) is 0.333. The van der Waals surface area contributed by atoms with Crippen LogP contribution < -0.4 is 10.1 Å². The second kappa shape index (κ2) is 11.6. The van der Waals surface area contributed by atoms with E-state index in [2.05, 4.69) is 15.3 Å². The molecule has 1 N–H and O–H groups in total. The van der Waals surface area contributed by atoms with Crippen LogP contribution in [0.25, 0.3) is 16.6 Å². The summed E-state index contributed by atoms with van der Waals surface area (Å²) in [5.41, 5.74) is 5.26. The summed E-state index contributed by atoms with van der Waals surface area (Å²) in [6.07, 6.45) is 1.72. The fourth-order valence-electron chi connectivity index (χ4n) is 3.68. The van der Waals surface area contributed by atoms with Gasteiger partial charge in [0.2, 0.25) is 5.91 Å². The molecule has 1 amide bonds. The van der Waals surface area contributed by atoms with Crippen molar-refractivity contribution in [2.75, 3.05) is 0 Å². The van der Waals surface area contributed by atoms with Gasteiger partial charge in [0.1, 0.15) is 17.9 Å². The van der Waals surface area contributed by atoms with E-state index >= 15 is 0 Å². The van der Waals surface area contributed by atoms with Crippen molar-refractivity contribution in [2.24, 2.45) is 10.9 Å². The molecule has 35 heavy (non-hydrogen) atoms. The van der Waals surface area contributed by atoms with E-state index in [1.807, 2.05) is 65.8 Å². The van der Waals surface area contributed by atoms with Crippen LogP contribution in [0, 0.1) is 19.8 Å². The number of benzene rings is 1. The molecule has 8 heteroatoms. The average Bonchev–Trinajstić information content (AvgIpc) is 2.79. The number of carbonyl (C=O) groups excluding carboxylic acids is 1. The van der Waals surface area contributed by atoms with Crippen molar-refractivity contribution in [3.8, 4) is 5.75 Å². The molecule has 0 atom stereocenters. The fourth-order valence-corrected chi connectivity index (χ4v) is 4.15. The van der Waals surface area contributed by atoms with Gasteiger partial charge in [-0.05, 0) is 45.9 Å². The molecule has 3 aromatic rings. The molecule has 2 heterocycles. The molecule has 0 aliphatic heterocycles. The minimum absolute atomic E-state index is 0.0502. The Morgan fingerprint density at radius 2 is 1.91 bits per heavy atom. The van der Waals surface area contributed by atoms with Crippen molar-refractivity contribution in [2.45, 2.75) is 54.7 Å². The van der Waals surface area contributed by atoms with Crippen LogP contribution in [0.5, 0.6) is 5.75 Å². The number of nitrogens with one attached hydrogen (secondary N) is 1. The molecule has 1 aromatic carbocycles. The van der Waals surface area contributed by atoms with Gasteiger partial charge < -0.3 is 10.1 Å². The summed E-state index contributed by atoms with van der Waals surface area (Å²) < 4.78 is 6.24. The number of ether oxygens (including phenoxy) is 1. The van der Waals surface area contributed by atoms with E-state index in [0.29, 0.717) is 32.7 Å². The minimum Gasteiger partial charge on any atom is -0.486 e. The number of hydrogen-bond donors (Lipinski definition) is 1. The Kier molecular flexibility index (Phi) is 8.87. The van der Waals surface area contributed by atoms with Crippen LogP contribution in [0.1, 0.15) is 55.9 Å². The van der Waals surface area contributed by atoms with Gasteiger partial charge in [-0.1, -0.05) is 49.2 Å². The van der Waals surface area contributed by atoms with Crippen LogP contribution >= 0.6 is 23.2 Å². The number of amides is 1. The van der Waals surface area contributed by atoms with Gasteiger partial charge in [-0.3, -0.25) is 14.8 Å². The van der Waals surface area contributed by atoms with Gasteiger partial charge in [0.25, 0.3) is 0 Å². The highest BCUT2D eigenvalue weighted by Crippen LogP contribution is 2.34. The summed E-state index contributed by atoms with van der Waals surface area (Å²) in [5, 5.41) is 4.92. The quantitative estimate of drug-likeness (QED) is 0.337. The van der Waals surface area contributed by atoms with Crippen LogP contribution in [-0.2, 0) is 17.9 Å². The number of fused-ring (bicyclic) bond motifs is 1. The highest BCUT2D eigenvalue weighted by atomic mass is 35.5. The van der Waals surface area contributed by atoms with Gasteiger partial charge in [-0.2, -0.15) is 0 Å². The van der Waals surface area contributed by atoms with Crippen molar-refractivity contribution >= 4 is 51.9 Å². The molecule has 0 aliphatic rings. The smallest absolute Gasteiger partial charge is 0.222 e. The zero-order valence-corrected chi connectivity index (χ0v) is 22.4. The lowest BCUT2D eigenvalue weighted by molar-refractivity contribution is -0.124. The summed E-state index contributed by atoms with van der Waals surface area (Å²) in [6.45, 7) is 11.6. The number of nitrogens with zero attached hydrogens (tertiary/aromatic N) is 3. The number of halogens is 2. The Bertz CT molecular complexity index is 1310. The van der Waals surface area contributed by atoms with Gasteiger partial charge in [-0.25, -0.2) is 4.98 Å². The molecule has 0 bridgehead atoms. The van der Waals surface area contributed by atoms with Gasteiger partial charge in [-0.15, -0.1) is 0 Å². The lowest BCUT2D eigenvalue weighted by Gasteiger charge is -2.16. The molecular formula is C27H30Cl2N4O2. The van der Waals surface area contributed by atoms with Crippen LogP contribution in [-0.4, -0.2) is 22.1 Å². The van der Waals surface area contributed by atoms with Crippen molar-refractivity contribution < 1.29 is 9.53 Å². The molecule has 184 valence electrons. The van der Waals surface area contributed by atoms with Gasteiger partial charge >= 0.3 is 0 Å². The first-order chi connectivity index (χ1) is 16.6. The van der Waals surface area contributed by atoms with E-state index in [-0.39, 0.29) is 25.0 Å². The topological polar surface area (TPSA) is 76.5 Å². The molecule has 0 radical (unpaired) electrons. The number of carbonyl (C=O) groups is 1. The van der Waals surface area contributed by atoms with Crippen molar-refractivity contribution in [1.82, 2.24) is 15.3 Å². The number of hydrogen-bond acceptors (Lipinski definition) is 5. The third-order valence-corrected chi connectivity index (χ3v) is 5.90. The predicted octanol–water partition coefficient (Wildman–Crippen LogP) is 6.77. The number of aliphatic imine (C=N–C) groups is 1. The highest BCUT2D eigenvalue weighted by Gasteiger charge is 2.17. The third-order valence-electron chi connectivity index (χ3n) is 5.38. The first kappa shape index (κ1) is 26.6. The van der Waals surface area contributed by atoms with E-state index in [9.17, 15) is 4.79 Å². The molecular weight excluding hydrogens is 483 g/mol. The van der Waals surface area contributed by atoms with Crippen LogP contribution in [0.3, 0.4) is 0 Å². The zero-order valence-electron chi connectivity index (χ0n) is 20.9. The molecule has 2 aromatic heterocycles. The second-order valence-electron chi connectivity index (χ2n) is 8.56. The molecule has 0 fully saturated rings. The standard InChI is InChI=1S/C27H30Cl2N4O2/c1-7-30-25(18(6)28)20-11-16(4)33-26-19(20)9-8-10-24(26)35-14-21-22(29)12-17(5)32-23(21)13-31-27(34)15(2)3/h7-12,15H,13-14H2,1-6H3,(H,31,34)/b25-18+,30-7-. The SMILES string of the molecule is C/C=N\C(=C(/C)Cl)c1cc(C)nc2c(OCc3c(Cl)cc(C)nc3CNC(=O)C(C)C)cccc12. The summed E-state index contributed by atoms with van der Waals surface area (Å²) in [6, 6.07) is 9.52. The number of aryl methyl sites for hydroxylation is 2. The number of pyridine rings is 2. The lowest BCUT2D eigenvalue weighted by Crippen LogP contribution is -2.28. The van der Waals surface area contributed by atoms with Gasteiger partial charge in [0.15, 0.2) is 0 Å². The van der Waals surface area contributed by atoms with Gasteiger partial charge in [0.05, 0.1) is 23.0 Å². The molecule has 0 saturated heterocycles. The zero-order chi connectivity index (χ0) is 25.7. The van der Waals surface area contributed by atoms with E-state index in [4.69, 9.17) is 32.9 Å². The number of allylic oxidation sites excluding steroid dienone is 1. The van der Waals surface area contributed by atoms with Gasteiger partial charge in [0, 0.05) is 45.1 Å². The first-order valence-electron chi connectivity index (χ1n) is 11.4. The minimum atomic E-state index is -0.123. The van der Waals surface area contributed by atoms with Crippen LogP contribution in [0.15, 0.2) is 40.4 Å². The van der Waals surface area contributed by atoms with E-state index < -0.39 is 0 Å². The number of para-hydroxylation sites is 1. The molecule has 0 aliphatic carbocycles. The Labute approximate surface area is 216 Å². The maximum absolute atomic E-state index is 12.1. The van der Waals surface area contributed by atoms with E-state index in [0.717, 1.165) is 27.9 Å². The average molecular weight is 513 g/mol. The lowest BCUT2D eigenvalue weighted by atomic mass is 10.0. The number of rotatable bonds is 8. The van der Waals surface area contributed by atoms with E-state index in [1.54, 1.807) is 12.3 Å². The Morgan fingerprint density at radius 3 is 2.57 bits per heavy atom. The Balaban J connectivity index is 2.00.